The Morgan fingerprint density at radius 3 is 2.84 bits per heavy atom. The molecular formula is C13H19NO5. The molecule has 1 heterocycles. The zero-order chi connectivity index (χ0) is 13.9. The highest BCUT2D eigenvalue weighted by atomic mass is 16.7. The summed E-state index contributed by atoms with van der Waals surface area (Å²) >= 11 is 0. The second kappa shape index (κ2) is 5.75. The number of aliphatic hydroxyl groups is 3. The van der Waals surface area contributed by atoms with Crippen LogP contribution in [0.15, 0.2) is 18.2 Å². The molecule has 0 amide bonds. The van der Waals surface area contributed by atoms with Crippen molar-refractivity contribution in [1.82, 2.24) is 5.32 Å². The predicted octanol–water partition coefficient (Wildman–Crippen LogP) is -0.218. The molecule has 0 saturated carbocycles. The lowest BCUT2D eigenvalue weighted by molar-refractivity contribution is 0.000724. The van der Waals surface area contributed by atoms with Gasteiger partial charge in [0.15, 0.2) is 11.5 Å². The van der Waals surface area contributed by atoms with Crippen LogP contribution in [0.4, 0.5) is 0 Å². The van der Waals surface area contributed by atoms with E-state index in [1.165, 1.54) is 6.92 Å². The molecule has 2 atom stereocenters. The van der Waals surface area contributed by atoms with E-state index in [4.69, 9.17) is 14.6 Å². The molecule has 6 heteroatoms. The van der Waals surface area contributed by atoms with Crippen LogP contribution in [0.25, 0.3) is 0 Å². The van der Waals surface area contributed by atoms with Crippen molar-refractivity contribution in [1.29, 1.82) is 0 Å². The number of ether oxygens (including phenoxy) is 2. The van der Waals surface area contributed by atoms with Crippen LogP contribution in [-0.4, -0.2) is 47.4 Å². The van der Waals surface area contributed by atoms with Gasteiger partial charge in [-0.3, -0.25) is 0 Å². The van der Waals surface area contributed by atoms with Gasteiger partial charge < -0.3 is 30.1 Å². The molecule has 1 aliphatic rings. The summed E-state index contributed by atoms with van der Waals surface area (Å²) in [6.45, 7) is 1.86. The van der Waals surface area contributed by atoms with E-state index in [1.807, 2.05) is 0 Å². The normalized spacial score (nSPS) is 18.1. The Labute approximate surface area is 111 Å². The zero-order valence-electron chi connectivity index (χ0n) is 10.8. The highest BCUT2D eigenvalue weighted by Crippen LogP contribution is 2.34. The molecule has 1 aromatic rings. The molecule has 2 rings (SSSR count). The number of hydrogen-bond acceptors (Lipinski definition) is 6. The fraction of sp³-hybridized carbons (Fsp3) is 0.538. The fourth-order valence-electron chi connectivity index (χ4n) is 1.77. The minimum atomic E-state index is -1.19. The number of benzene rings is 1. The van der Waals surface area contributed by atoms with Gasteiger partial charge in [-0.25, -0.2) is 0 Å². The molecule has 0 bridgehead atoms. The van der Waals surface area contributed by atoms with E-state index in [0.717, 1.165) is 0 Å². The Morgan fingerprint density at radius 2 is 2.11 bits per heavy atom. The van der Waals surface area contributed by atoms with Gasteiger partial charge in [0.05, 0.1) is 18.3 Å². The molecule has 0 spiro atoms. The van der Waals surface area contributed by atoms with Crippen LogP contribution in [-0.2, 0) is 0 Å². The van der Waals surface area contributed by atoms with Crippen molar-refractivity contribution in [2.24, 2.45) is 0 Å². The van der Waals surface area contributed by atoms with Crippen LogP contribution in [0.5, 0.6) is 11.5 Å². The molecule has 0 radical (unpaired) electrons. The van der Waals surface area contributed by atoms with Crippen molar-refractivity contribution in [3.05, 3.63) is 23.8 Å². The third-order valence-electron chi connectivity index (χ3n) is 2.97. The number of nitrogens with one attached hydrogen (secondary N) is 1. The minimum Gasteiger partial charge on any atom is -0.454 e. The van der Waals surface area contributed by atoms with Gasteiger partial charge in [-0.1, -0.05) is 6.07 Å². The van der Waals surface area contributed by atoms with Crippen molar-refractivity contribution in [2.45, 2.75) is 18.6 Å². The van der Waals surface area contributed by atoms with Gasteiger partial charge in [0.1, 0.15) is 0 Å². The summed E-state index contributed by atoms with van der Waals surface area (Å²) in [5.41, 5.74) is -0.477. The number of hydrogen-bond donors (Lipinski definition) is 4. The summed E-state index contributed by atoms with van der Waals surface area (Å²) in [4.78, 5) is 0. The summed E-state index contributed by atoms with van der Waals surface area (Å²) in [7, 11) is 0. The van der Waals surface area contributed by atoms with E-state index in [9.17, 15) is 10.2 Å². The Hall–Kier alpha value is -1.34. The van der Waals surface area contributed by atoms with Crippen LogP contribution in [0.2, 0.25) is 0 Å². The second-order valence-electron chi connectivity index (χ2n) is 4.91. The van der Waals surface area contributed by atoms with Gasteiger partial charge in [0, 0.05) is 13.1 Å². The molecule has 19 heavy (non-hydrogen) atoms. The van der Waals surface area contributed by atoms with Crippen molar-refractivity contribution >= 4 is 0 Å². The van der Waals surface area contributed by atoms with E-state index >= 15 is 0 Å². The molecule has 1 aliphatic heterocycles. The predicted molar refractivity (Wildman–Crippen MR) is 68.1 cm³/mol. The maximum atomic E-state index is 10.0. The van der Waals surface area contributed by atoms with Crippen molar-refractivity contribution in [3.63, 3.8) is 0 Å². The van der Waals surface area contributed by atoms with Crippen molar-refractivity contribution in [2.75, 3.05) is 26.5 Å². The molecule has 0 saturated heterocycles. The maximum Gasteiger partial charge on any atom is 0.231 e. The summed E-state index contributed by atoms with van der Waals surface area (Å²) in [6.07, 6.45) is -0.719. The molecule has 2 unspecified atom stereocenters. The van der Waals surface area contributed by atoms with Gasteiger partial charge in [-0.15, -0.1) is 0 Å². The number of aliphatic hydroxyl groups excluding tert-OH is 2. The molecule has 0 aromatic heterocycles. The van der Waals surface area contributed by atoms with E-state index < -0.39 is 11.7 Å². The second-order valence-corrected chi connectivity index (χ2v) is 4.91. The van der Waals surface area contributed by atoms with Gasteiger partial charge in [0.25, 0.3) is 0 Å². The topological polar surface area (TPSA) is 91.2 Å². The third-order valence-corrected chi connectivity index (χ3v) is 2.97. The molecule has 1 aromatic carbocycles. The van der Waals surface area contributed by atoms with Gasteiger partial charge in [0.2, 0.25) is 6.79 Å². The largest absolute Gasteiger partial charge is 0.454 e. The highest BCUT2D eigenvalue weighted by Gasteiger charge is 2.20. The highest BCUT2D eigenvalue weighted by molar-refractivity contribution is 5.45. The van der Waals surface area contributed by atoms with Crippen molar-refractivity contribution < 1.29 is 24.8 Å². The lowest BCUT2D eigenvalue weighted by Crippen LogP contribution is -2.42. The van der Waals surface area contributed by atoms with Crippen LogP contribution < -0.4 is 14.8 Å². The molecule has 4 N–H and O–H groups in total. The van der Waals surface area contributed by atoms with Gasteiger partial charge >= 0.3 is 0 Å². The van der Waals surface area contributed by atoms with E-state index in [-0.39, 0.29) is 26.5 Å². The zero-order valence-corrected chi connectivity index (χ0v) is 10.8. The van der Waals surface area contributed by atoms with Crippen molar-refractivity contribution in [3.8, 4) is 11.5 Å². The molecule has 0 fully saturated rings. The Balaban J connectivity index is 1.88. The maximum absolute atomic E-state index is 10.0. The Bertz CT molecular complexity index is 435. The van der Waals surface area contributed by atoms with Crippen LogP contribution in [0, 0.1) is 0 Å². The quantitative estimate of drug-likeness (QED) is 0.571. The summed E-state index contributed by atoms with van der Waals surface area (Å²) in [5, 5.41) is 31.4. The molecule has 6 nitrogen and oxygen atoms in total. The fourth-order valence-corrected chi connectivity index (χ4v) is 1.77. The average molecular weight is 269 g/mol. The first-order valence-corrected chi connectivity index (χ1v) is 6.13. The SMILES string of the molecule is CC(O)(CO)CNCC(O)c1ccc2c(c1)OCO2. The number of rotatable bonds is 6. The molecular weight excluding hydrogens is 250 g/mol. The molecule has 0 aliphatic carbocycles. The van der Waals surface area contributed by atoms with Gasteiger partial charge in [-0.2, -0.15) is 0 Å². The Morgan fingerprint density at radius 1 is 1.37 bits per heavy atom. The standard InChI is InChI=1S/C13H19NO5/c1-13(17,7-15)6-14-5-10(16)9-2-3-11-12(4-9)19-8-18-11/h2-4,10,14-17H,5-8H2,1H3. The first-order valence-electron chi connectivity index (χ1n) is 6.13. The molecule has 106 valence electrons. The monoisotopic (exact) mass is 269 g/mol. The van der Waals surface area contributed by atoms with E-state index in [2.05, 4.69) is 5.32 Å². The van der Waals surface area contributed by atoms with Crippen LogP contribution in [0.1, 0.15) is 18.6 Å². The van der Waals surface area contributed by atoms with Crippen LogP contribution >= 0.6 is 0 Å². The summed E-state index contributed by atoms with van der Waals surface area (Å²) in [6, 6.07) is 5.26. The average Bonchev–Trinajstić information content (AvgIpc) is 2.85. The van der Waals surface area contributed by atoms with Crippen LogP contribution in [0.3, 0.4) is 0 Å². The lowest BCUT2D eigenvalue weighted by Gasteiger charge is -2.22. The minimum absolute atomic E-state index is 0.200. The smallest absolute Gasteiger partial charge is 0.231 e. The summed E-state index contributed by atoms with van der Waals surface area (Å²) < 4.78 is 10.4. The van der Waals surface area contributed by atoms with Gasteiger partial charge in [-0.05, 0) is 24.6 Å². The van der Waals surface area contributed by atoms with E-state index in [1.54, 1.807) is 18.2 Å². The Kier molecular flexibility index (Phi) is 4.26. The first kappa shape index (κ1) is 14.1. The lowest BCUT2D eigenvalue weighted by atomic mass is 10.1. The number of fused-ring (bicyclic) bond motifs is 1. The summed E-state index contributed by atoms with van der Waals surface area (Å²) in [5.74, 6) is 1.30. The third kappa shape index (κ3) is 3.57. The first-order chi connectivity index (χ1) is 9.02. The van der Waals surface area contributed by atoms with E-state index in [0.29, 0.717) is 17.1 Å².